The molecule has 1 aromatic heterocycles. The van der Waals surface area contributed by atoms with Crippen LogP contribution in [0.3, 0.4) is 0 Å². The van der Waals surface area contributed by atoms with Crippen molar-refractivity contribution < 1.29 is 4.42 Å². The van der Waals surface area contributed by atoms with Crippen LogP contribution in [0.1, 0.15) is 31.2 Å². The quantitative estimate of drug-likeness (QED) is 0.835. The fraction of sp³-hybridized carbons (Fsp3) is 0.556. The Balaban J connectivity index is 1.68. The molecule has 1 saturated heterocycles. The van der Waals surface area contributed by atoms with Crippen LogP contribution < -0.4 is 0 Å². The summed E-state index contributed by atoms with van der Waals surface area (Å²) in [6.45, 7) is 3.49. The summed E-state index contributed by atoms with van der Waals surface area (Å²) in [6.07, 6.45) is 7.12. The highest BCUT2D eigenvalue weighted by Crippen LogP contribution is 2.24. The lowest BCUT2D eigenvalue weighted by Crippen LogP contribution is -2.40. The van der Waals surface area contributed by atoms with Crippen molar-refractivity contribution >= 4 is 11.0 Å². The third-order valence-electron chi connectivity index (χ3n) is 4.56. The van der Waals surface area contributed by atoms with Gasteiger partial charge >= 0.3 is 0 Å². The molecule has 0 N–H and O–H groups in total. The molecule has 0 aliphatic carbocycles. The number of likely N-dealkylation sites (tertiary alicyclic amines) is 1. The first kappa shape index (κ1) is 14.6. The third kappa shape index (κ3) is 3.66. The van der Waals surface area contributed by atoms with Gasteiger partial charge in [0.05, 0.1) is 6.26 Å². The van der Waals surface area contributed by atoms with Crippen LogP contribution >= 0.6 is 0 Å². The molecule has 3 nitrogen and oxygen atoms in total. The van der Waals surface area contributed by atoms with Crippen LogP contribution in [-0.2, 0) is 6.54 Å². The molecule has 0 amide bonds. The van der Waals surface area contributed by atoms with Gasteiger partial charge in [-0.05, 0) is 70.2 Å². The molecule has 1 aliphatic rings. The number of benzene rings is 1. The van der Waals surface area contributed by atoms with Crippen LogP contribution in [0.25, 0.3) is 11.0 Å². The molecular formula is C18H26N2O. The predicted octanol–water partition coefficient (Wildman–Crippen LogP) is 3.74. The second-order valence-electron chi connectivity index (χ2n) is 6.50. The lowest BCUT2D eigenvalue weighted by Gasteiger charge is -2.36. The van der Waals surface area contributed by atoms with E-state index in [0.717, 1.165) is 18.2 Å². The fourth-order valence-electron chi connectivity index (χ4n) is 3.35. The molecular weight excluding hydrogens is 260 g/mol. The first-order chi connectivity index (χ1) is 10.2. The zero-order chi connectivity index (χ0) is 14.7. The SMILES string of the molecule is CN(C)CC[C@H]1CCCCN1Cc1ccc2occc2c1. The van der Waals surface area contributed by atoms with Crippen molar-refractivity contribution in [3.8, 4) is 0 Å². The van der Waals surface area contributed by atoms with E-state index in [9.17, 15) is 0 Å². The molecule has 1 aliphatic heterocycles. The van der Waals surface area contributed by atoms with Gasteiger partial charge in [-0.3, -0.25) is 4.90 Å². The molecule has 0 unspecified atom stereocenters. The smallest absolute Gasteiger partial charge is 0.133 e. The molecule has 0 bridgehead atoms. The molecule has 3 heteroatoms. The normalized spacial score (nSPS) is 20.4. The maximum Gasteiger partial charge on any atom is 0.133 e. The number of hydrogen-bond donors (Lipinski definition) is 0. The average Bonchev–Trinajstić information content (AvgIpc) is 2.94. The number of nitrogens with zero attached hydrogens (tertiary/aromatic N) is 2. The van der Waals surface area contributed by atoms with Crippen LogP contribution in [0.2, 0.25) is 0 Å². The van der Waals surface area contributed by atoms with E-state index in [2.05, 4.69) is 48.2 Å². The summed E-state index contributed by atoms with van der Waals surface area (Å²) in [5.74, 6) is 0. The molecule has 2 aromatic rings. The molecule has 114 valence electrons. The maximum atomic E-state index is 5.43. The van der Waals surface area contributed by atoms with E-state index in [-0.39, 0.29) is 0 Å². The van der Waals surface area contributed by atoms with Gasteiger partial charge < -0.3 is 9.32 Å². The highest BCUT2D eigenvalue weighted by Gasteiger charge is 2.22. The molecule has 3 rings (SSSR count). The zero-order valence-corrected chi connectivity index (χ0v) is 13.2. The lowest BCUT2D eigenvalue weighted by atomic mass is 9.98. The van der Waals surface area contributed by atoms with Gasteiger partial charge in [0.15, 0.2) is 0 Å². The van der Waals surface area contributed by atoms with Crippen molar-refractivity contribution in [1.29, 1.82) is 0 Å². The zero-order valence-electron chi connectivity index (χ0n) is 13.2. The van der Waals surface area contributed by atoms with Crippen molar-refractivity contribution in [2.24, 2.45) is 0 Å². The number of fused-ring (bicyclic) bond motifs is 1. The lowest BCUT2D eigenvalue weighted by molar-refractivity contribution is 0.125. The summed E-state index contributed by atoms with van der Waals surface area (Å²) in [5.41, 5.74) is 2.39. The fourth-order valence-corrected chi connectivity index (χ4v) is 3.35. The Kier molecular flexibility index (Phi) is 4.61. The van der Waals surface area contributed by atoms with Gasteiger partial charge in [0.25, 0.3) is 0 Å². The first-order valence-corrected chi connectivity index (χ1v) is 8.07. The molecule has 21 heavy (non-hydrogen) atoms. The Hall–Kier alpha value is -1.32. The van der Waals surface area contributed by atoms with Crippen molar-refractivity contribution in [3.05, 3.63) is 36.1 Å². The van der Waals surface area contributed by atoms with E-state index in [1.807, 2.05) is 0 Å². The van der Waals surface area contributed by atoms with Crippen LogP contribution in [-0.4, -0.2) is 43.0 Å². The van der Waals surface area contributed by atoms with E-state index in [4.69, 9.17) is 4.42 Å². The Morgan fingerprint density at radius 1 is 1.24 bits per heavy atom. The van der Waals surface area contributed by atoms with Gasteiger partial charge in [-0.25, -0.2) is 0 Å². The molecule has 1 fully saturated rings. The first-order valence-electron chi connectivity index (χ1n) is 8.07. The number of rotatable bonds is 5. The van der Waals surface area contributed by atoms with Crippen LogP contribution in [0.4, 0.5) is 0 Å². The van der Waals surface area contributed by atoms with Gasteiger partial charge in [-0.15, -0.1) is 0 Å². The second-order valence-corrected chi connectivity index (χ2v) is 6.50. The molecule has 1 atom stereocenters. The highest BCUT2D eigenvalue weighted by atomic mass is 16.3. The Morgan fingerprint density at radius 2 is 2.14 bits per heavy atom. The standard InChI is InChI=1S/C18H26N2O/c1-19(2)11-8-17-5-3-4-10-20(17)14-15-6-7-18-16(13-15)9-12-21-18/h6-7,9,12-13,17H,3-5,8,10-11,14H2,1-2H3/t17-/m1/s1. The van der Waals surface area contributed by atoms with Crippen molar-refractivity contribution in [2.75, 3.05) is 27.2 Å². The van der Waals surface area contributed by atoms with Crippen molar-refractivity contribution in [1.82, 2.24) is 9.80 Å². The minimum absolute atomic E-state index is 0.737. The van der Waals surface area contributed by atoms with E-state index in [0.29, 0.717) is 0 Å². The van der Waals surface area contributed by atoms with Crippen molar-refractivity contribution in [2.45, 2.75) is 38.3 Å². The van der Waals surface area contributed by atoms with E-state index in [1.54, 1.807) is 6.26 Å². The predicted molar refractivity (Wildman–Crippen MR) is 87.4 cm³/mol. The largest absolute Gasteiger partial charge is 0.464 e. The summed E-state index contributed by atoms with van der Waals surface area (Å²) in [5, 5.41) is 1.22. The minimum Gasteiger partial charge on any atom is -0.464 e. The van der Waals surface area contributed by atoms with Crippen LogP contribution in [0.15, 0.2) is 34.9 Å². The molecule has 1 aromatic carbocycles. The van der Waals surface area contributed by atoms with E-state index in [1.165, 1.54) is 49.7 Å². The van der Waals surface area contributed by atoms with Gasteiger partial charge in [0.1, 0.15) is 5.58 Å². The van der Waals surface area contributed by atoms with Gasteiger partial charge in [0.2, 0.25) is 0 Å². The Morgan fingerprint density at radius 3 is 3.00 bits per heavy atom. The molecule has 2 heterocycles. The van der Waals surface area contributed by atoms with E-state index < -0.39 is 0 Å². The summed E-state index contributed by atoms with van der Waals surface area (Å²) < 4.78 is 5.43. The Labute approximate surface area is 127 Å². The van der Waals surface area contributed by atoms with Crippen LogP contribution in [0, 0.1) is 0 Å². The minimum atomic E-state index is 0.737. The third-order valence-corrected chi connectivity index (χ3v) is 4.56. The monoisotopic (exact) mass is 286 g/mol. The Bertz CT molecular complexity index is 575. The highest BCUT2D eigenvalue weighted by molar-refractivity contribution is 5.77. The van der Waals surface area contributed by atoms with Gasteiger partial charge in [0, 0.05) is 18.0 Å². The molecule has 0 saturated carbocycles. The van der Waals surface area contributed by atoms with Crippen molar-refractivity contribution in [3.63, 3.8) is 0 Å². The van der Waals surface area contributed by atoms with Gasteiger partial charge in [-0.2, -0.15) is 0 Å². The molecule has 0 radical (unpaired) electrons. The average molecular weight is 286 g/mol. The van der Waals surface area contributed by atoms with E-state index >= 15 is 0 Å². The maximum absolute atomic E-state index is 5.43. The summed E-state index contributed by atoms with van der Waals surface area (Å²) in [6, 6.07) is 9.38. The number of hydrogen-bond acceptors (Lipinski definition) is 3. The van der Waals surface area contributed by atoms with Crippen LogP contribution in [0.5, 0.6) is 0 Å². The number of furan rings is 1. The second kappa shape index (κ2) is 6.63. The summed E-state index contributed by atoms with van der Waals surface area (Å²) in [7, 11) is 4.33. The number of piperidine rings is 1. The summed E-state index contributed by atoms with van der Waals surface area (Å²) >= 11 is 0. The summed E-state index contributed by atoms with van der Waals surface area (Å²) in [4.78, 5) is 4.97. The topological polar surface area (TPSA) is 19.6 Å². The van der Waals surface area contributed by atoms with Gasteiger partial charge in [-0.1, -0.05) is 12.5 Å². The molecule has 0 spiro atoms.